The summed E-state index contributed by atoms with van der Waals surface area (Å²) in [5, 5.41) is 18.5. The molecule has 0 bridgehead atoms. The molecular formula is C13H34O4Si3. The normalized spacial score (nSPS) is 16.5. The maximum absolute atomic E-state index is 9.58. The van der Waals surface area contributed by atoms with Gasteiger partial charge in [-0.2, -0.15) is 0 Å². The summed E-state index contributed by atoms with van der Waals surface area (Å²) in [7, 11) is -4.72. The van der Waals surface area contributed by atoms with Gasteiger partial charge in [0.15, 0.2) is 16.6 Å². The van der Waals surface area contributed by atoms with Crippen molar-refractivity contribution in [1.82, 2.24) is 0 Å². The monoisotopic (exact) mass is 338 g/mol. The van der Waals surface area contributed by atoms with Crippen LogP contribution in [0.25, 0.3) is 0 Å². The summed E-state index contributed by atoms with van der Waals surface area (Å²) in [4.78, 5) is 0. The lowest BCUT2D eigenvalue weighted by molar-refractivity contribution is 0.0500. The first-order valence-corrected chi connectivity index (χ1v) is 16.2. The van der Waals surface area contributed by atoms with Crippen LogP contribution in [0.15, 0.2) is 0 Å². The van der Waals surface area contributed by atoms with Crippen molar-refractivity contribution in [2.45, 2.75) is 71.2 Å². The van der Waals surface area contributed by atoms with E-state index in [-0.39, 0.29) is 12.5 Å². The zero-order valence-electron chi connectivity index (χ0n) is 14.3. The summed E-state index contributed by atoms with van der Waals surface area (Å²) < 4.78 is 12.5. The van der Waals surface area contributed by atoms with E-state index >= 15 is 0 Å². The van der Waals surface area contributed by atoms with Crippen molar-refractivity contribution in [1.29, 1.82) is 0 Å². The third-order valence-electron chi connectivity index (χ3n) is 2.91. The van der Waals surface area contributed by atoms with Crippen LogP contribution in [0, 0.1) is 5.92 Å². The van der Waals surface area contributed by atoms with Crippen molar-refractivity contribution in [3.05, 3.63) is 0 Å². The second-order valence-corrected chi connectivity index (χ2v) is 19.3. The lowest BCUT2D eigenvalue weighted by Gasteiger charge is -2.31. The second kappa shape index (κ2) is 8.82. The molecule has 0 aliphatic heterocycles. The Hall–Kier alpha value is 0.491. The van der Waals surface area contributed by atoms with Crippen molar-refractivity contribution in [3.63, 3.8) is 0 Å². The molecule has 0 heterocycles. The molecule has 4 nitrogen and oxygen atoms in total. The topological polar surface area (TPSA) is 58.9 Å². The molecule has 0 fully saturated rings. The van der Waals surface area contributed by atoms with E-state index in [0.717, 1.165) is 18.9 Å². The number of rotatable bonds is 10. The average Bonchev–Trinajstić information content (AvgIpc) is 2.23. The standard InChI is InChI=1S/C13H34O4Si3/c1-12(13(15)11-14)9-8-10-18(16-19(2,3)4)17-20(5,6)7/h12-15,18H,8-11H2,1-7H3. The molecule has 2 unspecified atom stereocenters. The lowest BCUT2D eigenvalue weighted by Crippen LogP contribution is -2.43. The van der Waals surface area contributed by atoms with Crippen molar-refractivity contribution in [2.24, 2.45) is 5.92 Å². The summed E-state index contributed by atoms with van der Waals surface area (Å²) in [5.41, 5.74) is 0. The van der Waals surface area contributed by atoms with Crippen LogP contribution in [-0.4, -0.2) is 48.8 Å². The molecule has 2 atom stereocenters. The first-order chi connectivity index (χ1) is 8.94. The van der Waals surface area contributed by atoms with E-state index in [1.54, 1.807) is 0 Å². The fraction of sp³-hybridized carbons (Fsp3) is 1.00. The van der Waals surface area contributed by atoms with Gasteiger partial charge in [-0.3, -0.25) is 0 Å². The minimum absolute atomic E-state index is 0.133. The van der Waals surface area contributed by atoms with Gasteiger partial charge in [-0.15, -0.1) is 0 Å². The van der Waals surface area contributed by atoms with Gasteiger partial charge in [-0.1, -0.05) is 13.3 Å². The summed E-state index contributed by atoms with van der Waals surface area (Å²) >= 11 is 0. The highest BCUT2D eigenvalue weighted by molar-refractivity contribution is 6.81. The quantitative estimate of drug-likeness (QED) is 0.601. The van der Waals surface area contributed by atoms with Crippen LogP contribution in [0.2, 0.25) is 45.3 Å². The molecule has 0 aliphatic carbocycles. The lowest BCUT2D eigenvalue weighted by atomic mass is 10.0. The molecule has 0 spiro atoms. The van der Waals surface area contributed by atoms with E-state index < -0.39 is 32.0 Å². The van der Waals surface area contributed by atoms with Crippen LogP contribution in [0.3, 0.4) is 0 Å². The molecule has 20 heavy (non-hydrogen) atoms. The number of aliphatic hydroxyl groups excluding tert-OH is 2. The Bertz CT molecular complexity index is 247. The van der Waals surface area contributed by atoms with Gasteiger partial charge in [0.1, 0.15) is 0 Å². The zero-order valence-corrected chi connectivity index (χ0v) is 17.4. The Morgan fingerprint density at radius 3 is 1.80 bits per heavy atom. The van der Waals surface area contributed by atoms with Crippen molar-refractivity contribution in [3.8, 4) is 0 Å². The smallest absolute Gasteiger partial charge is 0.300 e. The Morgan fingerprint density at radius 1 is 1.00 bits per heavy atom. The summed E-state index contributed by atoms with van der Waals surface area (Å²) in [5.74, 6) is 0.133. The molecule has 7 heteroatoms. The fourth-order valence-corrected chi connectivity index (χ4v) is 10.4. The average molecular weight is 339 g/mol. The molecule has 0 saturated heterocycles. The van der Waals surface area contributed by atoms with Crippen LogP contribution in [0.1, 0.15) is 19.8 Å². The predicted molar refractivity (Wildman–Crippen MR) is 92.3 cm³/mol. The number of aliphatic hydroxyl groups is 2. The van der Waals surface area contributed by atoms with Crippen LogP contribution in [-0.2, 0) is 8.23 Å². The predicted octanol–water partition coefficient (Wildman–Crippen LogP) is 2.68. The fourth-order valence-electron chi connectivity index (χ4n) is 1.91. The molecule has 122 valence electrons. The molecule has 0 amide bonds. The highest BCUT2D eigenvalue weighted by Gasteiger charge is 2.28. The number of hydrogen-bond donors (Lipinski definition) is 2. The van der Waals surface area contributed by atoms with E-state index in [0.29, 0.717) is 0 Å². The summed E-state index contributed by atoms with van der Waals surface area (Å²) in [6.45, 7) is 15.1. The van der Waals surface area contributed by atoms with E-state index in [9.17, 15) is 5.11 Å². The van der Waals surface area contributed by atoms with Crippen molar-refractivity contribution in [2.75, 3.05) is 6.61 Å². The number of hydrogen-bond acceptors (Lipinski definition) is 4. The molecule has 2 N–H and O–H groups in total. The largest absolute Gasteiger partial charge is 0.439 e. The Morgan fingerprint density at radius 2 is 1.45 bits per heavy atom. The molecule has 0 aromatic carbocycles. The third kappa shape index (κ3) is 11.2. The van der Waals surface area contributed by atoms with Gasteiger partial charge in [0.25, 0.3) is 0 Å². The molecule has 0 saturated carbocycles. The summed E-state index contributed by atoms with van der Waals surface area (Å²) in [6.07, 6.45) is 1.31. The Kier molecular flexibility index (Phi) is 9.03. The molecule has 0 rings (SSSR count). The van der Waals surface area contributed by atoms with E-state index in [1.165, 1.54) is 0 Å². The molecule has 0 aromatic rings. The summed E-state index contributed by atoms with van der Waals surface area (Å²) in [6, 6.07) is 0.997. The third-order valence-corrected chi connectivity index (χ3v) is 11.6. The van der Waals surface area contributed by atoms with Gasteiger partial charge in [0.2, 0.25) is 0 Å². The zero-order chi connectivity index (χ0) is 16.0. The highest BCUT2D eigenvalue weighted by Crippen LogP contribution is 2.19. The minimum atomic E-state index is -1.60. The van der Waals surface area contributed by atoms with Gasteiger partial charge < -0.3 is 18.4 Å². The highest BCUT2D eigenvalue weighted by atomic mass is 28.4. The van der Waals surface area contributed by atoms with E-state index in [2.05, 4.69) is 39.3 Å². The van der Waals surface area contributed by atoms with Gasteiger partial charge >= 0.3 is 9.28 Å². The maximum Gasteiger partial charge on any atom is 0.300 e. The van der Waals surface area contributed by atoms with Crippen LogP contribution in [0.5, 0.6) is 0 Å². The maximum atomic E-state index is 9.58. The van der Waals surface area contributed by atoms with E-state index in [1.807, 2.05) is 6.92 Å². The molecule has 0 aliphatic rings. The van der Waals surface area contributed by atoms with Gasteiger partial charge in [0, 0.05) is 0 Å². The molecule has 0 aromatic heterocycles. The van der Waals surface area contributed by atoms with Crippen LogP contribution in [0.4, 0.5) is 0 Å². The van der Waals surface area contributed by atoms with Crippen LogP contribution >= 0.6 is 0 Å². The van der Waals surface area contributed by atoms with Crippen molar-refractivity contribution >= 4 is 25.9 Å². The Balaban J connectivity index is 4.30. The van der Waals surface area contributed by atoms with Crippen molar-refractivity contribution < 1.29 is 18.4 Å². The first kappa shape index (κ1) is 20.5. The SMILES string of the molecule is CC(CCC[SiH](O[Si](C)(C)C)O[Si](C)(C)C)C(O)CO. The Labute approximate surface area is 128 Å². The van der Waals surface area contributed by atoms with Crippen LogP contribution < -0.4 is 0 Å². The first-order valence-electron chi connectivity index (χ1n) is 7.59. The molecular weight excluding hydrogens is 304 g/mol. The van der Waals surface area contributed by atoms with E-state index in [4.69, 9.17) is 13.3 Å². The minimum Gasteiger partial charge on any atom is -0.439 e. The van der Waals surface area contributed by atoms with Gasteiger partial charge in [0.05, 0.1) is 12.7 Å². The molecule has 0 radical (unpaired) electrons. The van der Waals surface area contributed by atoms with Gasteiger partial charge in [-0.05, 0) is 57.7 Å². The second-order valence-electron chi connectivity index (χ2n) is 7.55. The van der Waals surface area contributed by atoms with Gasteiger partial charge in [-0.25, -0.2) is 0 Å².